The minimum Gasteiger partial charge on any atom is -0.386 e. The monoisotopic (exact) mass is 255 g/mol. The maximum absolute atomic E-state index is 11.7. The van der Waals surface area contributed by atoms with Crippen molar-refractivity contribution in [1.29, 1.82) is 5.41 Å². The Bertz CT molecular complexity index is 286. The molecular weight excluding hydrogens is 230 g/mol. The number of hydrogen-bond acceptors (Lipinski definition) is 3. The fourth-order valence-electron chi connectivity index (χ4n) is 2.31. The van der Waals surface area contributed by atoms with Crippen LogP contribution in [0.25, 0.3) is 0 Å². The number of nitrogens with two attached hydrogens (primary N) is 1. The van der Waals surface area contributed by atoms with Gasteiger partial charge in [0.2, 0.25) is 0 Å². The summed E-state index contributed by atoms with van der Waals surface area (Å²) in [6.45, 7) is 7.68. The van der Waals surface area contributed by atoms with Gasteiger partial charge in [0.1, 0.15) is 5.84 Å². The maximum Gasteiger partial charge on any atom is 0.317 e. The van der Waals surface area contributed by atoms with Crippen molar-refractivity contribution < 1.29 is 4.79 Å². The van der Waals surface area contributed by atoms with Crippen LogP contribution in [0.1, 0.15) is 26.7 Å². The van der Waals surface area contributed by atoms with E-state index in [0.29, 0.717) is 19.6 Å². The minimum absolute atomic E-state index is 0.00650. The molecule has 0 aromatic heterocycles. The summed E-state index contributed by atoms with van der Waals surface area (Å²) in [5, 5.41) is 10.4. The molecular formula is C12H25N5O. The first-order chi connectivity index (χ1) is 8.60. The van der Waals surface area contributed by atoms with Crippen molar-refractivity contribution in [3.8, 4) is 0 Å². The maximum atomic E-state index is 11.7. The lowest BCUT2D eigenvalue weighted by atomic mass is 10.1. The zero-order valence-electron chi connectivity index (χ0n) is 11.4. The number of amides is 2. The van der Waals surface area contributed by atoms with E-state index in [1.54, 1.807) is 0 Å². The number of piperazine rings is 1. The van der Waals surface area contributed by atoms with Crippen LogP contribution >= 0.6 is 0 Å². The van der Waals surface area contributed by atoms with Crippen LogP contribution in [0.4, 0.5) is 4.79 Å². The van der Waals surface area contributed by atoms with E-state index in [9.17, 15) is 4.79 Å². The molecule has 0 aliphatic carbocycles. The van der Waals surface area contributed by atoms with Crippen LogP contribution in [0.3, 0.4) is 0 Å². The summed E-state index contributed by atoms with van der Waals surface area (Å²) in [4.78, 5) is 15.7. The van der Waals surface area contributed by atoms with Gasteiger partial charge in [0, 0.05) is 32.7 Å². The first kappa shape index (κ1) is 14.8. The van der Waals surface area contributed by atoms with Crippen LogP contribution in [0, 0.1) is 5.41 Å². The Morgan fingerprint density at radius 2 is 1.94 bits per heavy atom. The molecule has 0 bridgehead atoms. The third-order valence-corrected chi connectivity index (χ3v) is 3.29. The normalized spacial score (nSPS) is 18.4. The molecule has 1 aliphatic rings. The Morgan fingerprint density at radius 3 is 2.39 bits per heavy atom. The summed E-state index contributed by atoms with van der Waals surface area (Å²) >= 11 is 0. The molecule has 1 rings (SSSR count). The van der Waals surface area contributed by atoms with Crippen molar-refractivity contribution in [2.75, 3.05) is 32.7 Å². The molecule has 0 radical (unpaired) electrons. The Kier molecular flexibility index (Phi) is 5.91. The Hall–Kier alpha value is -1.30. The molecule has 6 nitrogen and oxygen atoms in total. The predicted molar refractivity (Wildman–Crippen MR) is 72.8 cm³/mol. The number of rotatable bonds is 5. The molecule has 1 atom stereocenters. The zero-order valence-corrected chi connectivity index (χ0v) is 11.4. The molecule has 6 heteroatoms. The lowest BCUT2D eigenvalue weighted by molar-refractivity contribution is 0.124. The molecule has 18 heavy (non-hydrogen) atoms. The first-order valence-corrected chi connectivity index (χ1v) is 6.70. The number of amidine groups is 1. The second kappa shape index (κ2) is 7.20. The highest BCUT2D eigenvalue weighted by molar-refractivity contribution is 5.82. The van der Waals surface area contributed by atoms with Gasteiger partial charge in [-0.2, -0.15) is 0 Å². The average molecular weight is 255 g/mol. The van der Waals surface area contributed by atoms with Crippen LogP contribution in [-0.2, 0) is 0 Å². The smallest absolute Gasteiger partial charge is 0.317 e. The topological polar surface area (TPSA) is 85.5 Å². The van der Waals surface area contributed by atoms with Crippen LogP contribution < -0.4 is 11.1 Å². The third-order valence-electron chi connectivity index (χ3n) is 3.29. The molecule has 0 spiro atoms. The first-order valence-electron chi connectivity index (χ1n) is 6.70. The summed E-state index contributed by atoms with van der Waals surface area (Å²) in [6.07, 6.45) is 1.93. The SMILES string of the molecule is CCCC(C(=N)N)N1CCN(C(=O)NCC)CC1. The van der Waals surface area contributed by atoms with Crippen molar-refractivity contribution in [2.45, 2.75) is 32.7 Å². The van der Waals surface area contributed by atoms with E-state index in [-0.39, 0.29) is 17.9 Å². The molecule has 104 valence electrons. The summed E-state index contributed by atoms with van der Waals surface area (Å²) in [6, 6.07) is 0.0402. The second-order valence-corrected chi connectivity index (χ2v) is 4.62. The van der Waals surface area contributed by atoms with E-state index in [1.165, 1.54) is 0 Å². The van der Waals surface area contributed by atoms with Gasteiger partial charge in [-0.05, 0) is 13.3 Å². The number of nitrogens with one attached hydrogen (secondary N) is 2. The van der Waals surface area contributed by atoms with Crippen molar-refractivity contribution in [3.05, 3.63) is 0 Å². The van der Waals surface area contributed by atoms with Gasteiger partial charge < -0.3 is 16.0 Å². The Balaban J connectivity index is 2.46. The van der Waals surface area contributed by atoms with E-state index in [4.69, 9.17) is 11.1 Å². The quantitative estimate of drug-likeness (QED) is 0.492. The van der Waals surface area contributed by atoms with Crippen LogP contribution in [0.5, 0.6) is 0 Å². The van der Waals surface area contributed by atoms with Gasteiger partial charge in [0.15, 0.2) is 0 Å². The van der Waals surface area contributed by atoms with Crippen molar-refractivity contribution in [1.82, 2.24) is 15.1 Å². The number of carbonyl (C=O) groups is 1. The van der Waals surface area contributed by atoms with Gasteiger partial charge in [-0.15, -0.1) is 0 Å². The van der Waals surface area contributed by atoms with Crippen LogP contribution in [0.15, 0.2) is 0 Å². The lowest BCUT2D eigenvalue weighted by Gasteiger charge is -2.38. The van der Waals surface area contributed by atoms with Crippen LogP contribution in [0.2, 0.25) is 0 Å². The van der Waals surface area contributed by atoms with Crippen LogP contribution in [-0.4, -0.2) is 60.4 Å². The average Bonchev–Trinajstić information content (AvgIpc) is 2.36. The highest BCUT2D eigenvalue weighted by Gasteiger charge is 2.26. The lowest BCUT2D eigenvalue weighted by Crippen LogP contribution is -2.56. The summed E-state index contributed by atoms with van der Waals surface area (Å²) in [5.74, 6) is 0.239. The zero-order chi connectivity index (χ0) is 13.5. The van der Waals surface area contributed by atoms with Crippen molar-refractivity contribution in [2.24, 2.45) is 5.73 Å². The molecule has 1 saturated heterocycles. The number of carbonyl (C=O) groups excluding carboxylic acids is 1. The molecule has 0 aromatic carbocycles. The molecule has 1 unspecified atom stereocenters. The van der Waals surface area contributed by atoms with Crippen molar-refractivity contribution in [3.63, 3.8) is 0 Å². The third kappa shape index (κ3) is 3.87. The van der Waals surface area contributed by atoms with E-state index in [0.717, 1.165) is 25.9 Å². The fraction of sp³-hybridized carbons (Fsp3) is 0.833. The van der Waals surface area contributed by atoms with Gasteiger partial charge in [-0.3, -0.25) is 10.3 Å². The highest BCUT2D eigenvalue weighted by Crippen LogP contribution is 2.11. The largest absolute Gasteiger partial charge is 0.386 e. The Morgan fingerprint density at radius 1 is 1.33 bits per heavy atom. The number of nitrogens with zero attached hydrogens (tertiary/aromatic N) is 2. The summed E-state index contributed by atoms with van der Waals surface area (Å²) in [5.41, 5.74) is 5.64. The number of urea groups is 1. The van der Waals surface area contributed by atoms with E-state index in [2.05, 4.69) is 17.1 Å². The Labute approximate surface area is 109 Å². The van der Waals surface area contributed by atoms with Crippen molar-refractivity contribution >= 4 is 11.9 Å². The van der Waals surface area contributed by atoms with E-state index < -0.39 is 0 Å². The second-order valence-electron chi connectivity index (χ2n) is 4.62. The molecule has 1 aliphatic heterocycles. The molecule has 0 aromatic rings. The fourth-order valence-corrected chi connectivity index (χ4v) is 2.31. The van der Waals surface area contributed by atoms with Gasteiger partial charge in [-0.25, -0.2) is 4.79 Å². The standard InChI is InChI=1S/C12H25N5O/c1-3-5-10(11(13)14)16-6-8-17(9-7-16)12(18)15-4-2/h10H,3-9H2,1-2H3,(H3,13,14)(H,15,18). The summed E-state index contributed by atoms with van der Waals surface area (Å²) < 4.78 is 0. The van der Waals surface area contributed by atoms with E-state index >= 15 is 0 Å². The summed E-state index contributed by atoms with van der Waals surface area (Å²) in [7, 11) is 0. The van der Waals surface area contributed by atoms with Gasteiger partial charge >= 0.3 is 6.03 Å². The number of hydrogen-bond donors (Lipinski definition) is 3. The molecule has 0 saturated carbocycles. The molecule has 1 heterocycles. The predicted octanol–water partition coefficient (Wildman–Crippen LogP) is 0.438. The molecule has 4 N–H and O–H groups in total. The minimum atomic E-state index is 0.00650. The molecule has 1 fully saturated rings. The highest BCUT2D eigenvalue weighted by atomic mass is 16.2. The van der Waals surface area contributed by atoms with Gasteiger partial charge in [0.25, 0.3) is 0 Å². The molecule has 2 amide bonds. The van der Waals surface area contributed by atoms with Gasteiger partial charge in [0.05, 0.1) is 6.04 Å². The van der Waals surface area contributed by atoms with E-state index in [1.807, 2.05) is 11.8 Å². The van der Waals surface area contributed by atoms with Gasteiger partial charge in [-0.1, -0.05) is 13.3 Å².